The molecule has 0 aliphatic heterocycles. The quantitative estimate of drug-likeness (QED) is 0.724. The number of nitrogens with zero attached hydrogens (tertiary/aromatic N) is 1. The van der Waals surface area contributed by atoms with Crippen molar-refractivity contribution < 1.29 is 17.9 Å². The van der Waals surface area contributed by atoms with Crippen molar-refractivity contribution >= 4 is 39.1 Å². The SMILES string of the molecule is N#Cc1cccc(S(=O)(=O)NNC(=O)COc2ccc(Cl)cc2Cl)c1. The predicted octanol–water partition coefficient (Wildman–Crippen LogP) is 2.25. The molecule has 0 aromatic heterocycles. The molecule has 0 unspecified atom stereocenters. The maximum Gasteiger partial charge on any atom is 0.272 e. The lowest BCUT2D eigenvalue weighted by atomic mass is 10.2. The van der Waals surface area contributed by atoms with E-state index >= 15 is 0 Å². The molecule has 2 N–H and O–H groups in total. The number of amides is 1. The van der Waals surface area contributed by atoms with Crippen LogP contribution in [0, 0.1) is 11.3 Å². The number of carbonyl (C=O) groups excluding carboxylic acids is 1. The number of sulfonamides is 1. The number of hydrogen-bond acceptors (Lipinski definition) is 5. The van der Waals surface area contributed by atoms with Crippen molar-refractivity contribution in [3.63, 3.8) is 0 Å². The Balaban J connectivity index is 1.93. The van der Waals surface area contributed by atoms with Crippen LogP contribution < -0.4 is 15.0 Å². The Labute approximate surface area is 154 Å². The normalized spacial score (nSPS) is 10.8. The summed E-state index contributed by atoms with van der Waals surface area (Å²) in [6, 6.07) is 11.6. The van der Waals surface area contributed by atoms with E-state index < -0.39 is 22.5 Å². The first kappa shape index (κ1) is 19.0. The largest absolute Gasteiger partial charge is 0.482 e. The number of benzene rings is 2. The van der Waals surface area contributed by atoms with Gasteiger partial charge in [0.05, 0.1) is 21.6 Å². The Morgan fingerprint density at radius 2 is 1.96 bits per heavy atom. The predicted molar refractivity (Wildman–Crippen MR) is 91.6 cm³/mol. The van der Waals surface area contributed by atoms with Crippen LogP contribution in [0.2, 0.25) is 10.0 Å². The number of halogens is 2. The smallest absolute Gasteiger partial charge is 0.272 e. The third kappa shape index (κ3) is 5.34. The molecular weight excluding hydrogens is 389 g/mol. The molecule has 0 spiro atoms. The average molecular weight is 400 g/mol. The van der Waals surface area contributed by atoms with Gasteiger partial charge >= 0.3 is 0 Å². The van der Waals surface area contributed by atoms with Gasteiger partial charge in [0.2, 0.25) is 0 Å². The van der Waals surface area contributed by atoms with Crippen molar-refractivity contribution in [2.24, 2.45) is 0 Å². The fraction of sp³-hybridized carbons (Fsp3) is 0.0667. The van der Waals surface area contributed by atoms with E-state index in [-0.39, 0.29) is 21.2 Å². The highest BCUT2D eigenvalue weighted by atomic mass is 35.5. The van der Waals surface area contributed by atoms with E-state index in [9.17, 15) is 13.2 Å². The lowest BCUT2D eigenvalue weighted by molar-refractivity contribution is -0.123. The molecule has 2 aromatic carbocycles. The van der Waals surface area contributed by atoms with Crippen LogP contribution in [-0.4, -0.2) is 20.9 Å². The topological polar surface area (TPSA) is 108 Å². The van der Waals surface area contributed by atoms with Crippen LogP contribution in [0.25, 0.3) is 0 Å². The van der Waals surface area contributed by atoms with Crippen LogP contribution in [0.4, 0.5) is 0 Å². The maximum atomic E-state index is 12.1. The molecule has 1 amide bonds. The fourth-order valence-electron chi connectivity index (χ4n) is 1.69. The van der Waals surface area contributed by atoms with Crippen LogP contribution in [0.1, 0.15) is 5.56 Å². The first-order valence-corrected chi connectivity index (χ1v) is 8.94. The second-order valence-electron chi connectivity index (χ2n) is 4.66. The van der Waals surface area contributed by atoms with E-state index in [1.165, 1.54) is 42.5 Å². The van der Waals surface area contributed by atoms with Crippen LogP contribution in [-0.2, 0) is 14.8 Å². The van der Waals surface area contributed by atoms with E-state index in [0.717, 1.165) is 0 Å². The molecule has 7 nitrogen and oxygen atoms in total. The number of hydrogen-bond donors (Lipinski definition) is 2. The first-order valence-electron chi connectivity index (χ1n) is 6.70. The minimum Gasteiger partial charge on any atom is -0.482 e. The third-order valence-electron chi connectivity index (χ3n) is 2.85. The summed E-state index contributed by atoms with van der Waals surface area (Å²) in [6.07, 6.45) is 0. The minimum atomic E-state index is -4.02. The van der Waals surface area contributed by atoms with Gasteiger partial charge in [0.1, 0.15) is 5.75 Å². The van der Waals surface area contributed by atoms with Gasteiger partial charge in [0.25, 0.3) is 15.9 Å². The molecule has 0 aliphatic carbocycles. The number of ether oxygens (including phenoxy) is 1. The molecule has 0 saturated heterocycles. The summed E-state index contributed by atoms with van der Waals surface area (Å²) in [5, 5.41) is 9.42. The number of rotatable bonds is 6. The highest BCUT2D eigenvalue weighted by Gasteiger charge is 2.16. The zero-order chi connectivity index (χ0) is 18.4. The van der Waals surface area contributed by atoms with Crippen molar-refractivity contribution in [1.29, 1.82) is 5.26 Å². The second kappa shape index (κ2) is 8.18. The molecule has 0 fully saturated rings. The molecular formula is C15H11Cl2N3O4S. The highest BCUT2D eigenvalue weighted by Crippen LogP contribution is 2.27. The highest BCUT2D eigenvalue weighted by molar-refractivity contribution is 7.89. The Morgan fingerprint density at radius 3 is 2.64 bits per heavy atom. The van der Waals surface area contributed by atoms with Crippen molar-refractivity contribution in [3.8, 4) is 11.8 Å². The van der Waals surface area contributed by atoms with Gasteiger partial charge in [-0.3, -0.25) is 10.2 Å². The molecule has 25 heavy (non-hydrogen) atoms. The van der Waals surface area contributed by atoms with E-state index in [1.807, 2.05) is 16.3 Å². The van der Waals surface area contributed by atoms with E-state index in [1.54, 1.807) is 0 Å². The van der Waals surface area contributed by atoms with E-state index in [0.29, 0.717) is 5.02 Å². The Bertz CT molecular complexity index is 942. The first-order chi connectivity index (χ1) is 11.8. The molecule has 130 valence electrons. The van der Waals surface area contributed by atoms with Gasteiger partial charge in [-0.25, -0.2) is 8.42 Å². The summed E-state index contributed by atoms with van der Waals surface area (Å²) >= 11 is 11.6. The van der Waals surface area contributed by atoms with Gasteiger partial charge in [0.15, 0.2) is 6.61 Å². The molecule has 0 aliphatic rings. The molecule has 0 radical (unpaired) electrons. The summed E-state index contributed by atoms with van der Waals surface area (Å²) in [6.45, 7) is -0.470. The summed E-state index contributed by atoms with van der Waals surface area (Å²) in [7, 11) is -4.02. The van der Waals surface area contributed by atoms with Crippen molar-refractivity contribution in [2.45, 2.75) is 4.90 Å². The van der Waals surface area contributed by atoms with Crippen LogP contribution >= 0.6 is 23.2 Å². The molecule has 0 heterocycles. The number of carbonyl (C=O) groups is 1. The summed E-state index contributed by atoms with van der Waals surface area (Å²) in [4.78, 5) is 13.5. The molecule has 0 atom stereocenters. The third-order valence-corrected chi connectivity index (χ3v) is 4.63. The van der Waals surface area contributed by atoms with Crippen LogP contribution in [0.15, 0.2) is 47.4 Å². The monoisotopic (exact) mass is 399 g/mol. The number of hydrazine groups is 1. The number of nitrogens with one attached hydrogen (secondary N) is 2. The van der Waals surface area contributed by atoms with Gasteiger partial charge in [-0.05, 0) is 36.4 Å². The van der Waals surface area contributed by atoms with Gasteiger partial charge in [0, 0.05) is 5.02 Å². The van der Waals surface area contributed by atoms with Gasteiger partial charge in [-0.15, -0.1) is 4.83 Å². The Morgan fingerprint density at radius 1 is 1.20 bits per heavy atom. The number of nitriles is 1. The fourth-order valence-corrected chi connectivity index (χ4v) is 3.06. The molecule has 2 aromatic rings. The van der Waals surface area contributed by atoms with Crippen molar-refractivity contribution in [1.82, 2.24) is 10.3 Å². The average Bonchev–Trinajstić information content (AvgIpc) is 2.59. The lowest BCUT2D eigenvalue weighted by Gasteiger charge is -2.10. The second-order valence-corrected chi connectivity index (χ2v) is 7.18. The molecule has 0 saturated carbocycles. The molecule has 0 bridgehead atoms. The Kier molecular flexibility index (Phi) is 6.22. The Hall–Kier alpha value is -2.31. The summed E-state index contributed by atoms with van der Waals surface area (Å²) in [5.74, 6) is -0.517. The summed E-state index contributed by atoms with van der Waals surface area (Å²) < 4.78 is 29.3. The van der Waals surface area contributed by atoms with E-state index in [2.05, 4.69) is 0 Å². The van der Waals surface area contributed by atoms with Gasteiger partial charge < -0.3 is 4.74 Å². The van der Waals surface area contributed by atoms with Gasteiger partial charge in [-0.1, -0.05) is 29.3 Å². The zero-order valence-corrected chi connectivity index (χ0v) is 14.8. The van der Waals surface area contributed by atoms with E-state index in [4.69, 9.17) is 33.2 Å². The zero-order valence-electron chi connectivity index (χ0n) is 12.5. The van der Waals surface area contributed by atoms with Gasteiger partial charge in [-0.2, -0.15) is 5.26 Å². The van der Waals surface area contributed by atoms with Crippen molar-refractivity contribution in [3.05, 3.63) is 58.1 Å². The lowest BCUT2D eigenvalue weighted by Crippen LogP contribution is -2.43. The summed E-state index contributed by atoms with van der Waals surface area (Å²) in [5.41, 5.74) is 2.18. The van der Waals surface area contributed by atoms with Crippen LogP contribution in [0.3, 0.4) is 0 Å². The van der Waals surface area contributed by atoms with Crippen molar-refractivity contribution in [2.75, 3.05) is 6.61 Å². The van der Waals surface area contributed by atoms with Crippen LogP contribution in [0.5, 0.6) is 5.75 Å². The minimum absolute atomic E-state index is 0.159. The molecule has 2 rings (SSSR count). The standard InChI is InChI=1S/C15H11Cl2N3O4S/c16-11-4-5-14(13(17)7-11)24-9-15(21)19-20-25(22,23)12-3-1-2-10(6-12)8-18/h1-7,20H,9H2,(H,19,21). The maximum absolute atomic E-state index is 12.1. The molecule has 10 heteroatoms.